The van der Waals surface area contributed by atoms with Gasteiger partial charge in [-0.3, -0.25) is 4.79 Å². The van der Waals surface area contributed by atoms with Gasteiger partial charge in [-0.1, -0.05) is 54.1 Å². The Kier molecular flexibility index (Phi) is 4.19. The van der Waals surface area contributed by atoms with Crippen LogP contribution in [0.1, 0.15) is 40.5 Å². The van der Waals surface area contributed by atoms with Crippen LogP contribution in [0, 0.1) is 6.92 Å². The molecule has 3 heterocycles. The van der Waals surface area contributed by atoms with Crippen molar-refractivity contribution in [1.82, 2.24) is 4.90 Å². The molecule has 3 aliphatic rings. The van der Waals surface area contributed by atoms with Gasteiger partial charge in [0.25, 0.3) is 0 Å². The van der Waals surface area contributed by atoms with Crippen molar-refractivity contribution in [2.75, 3.05) is 25.0 Å². The van der Waals surface area contributed by atoms with Gasteiger partial charge in [-0.05, 0) is 50.7 Å². The summed E-state index contributed by atoms with van der Waals surface area (Å²) in [6.07, 6.45) is 0.993. The molecule has 1 saturated heterocycles. The monoisotopic (exact) mass is 410 g/mol. The average molecular weight is 411 g/mol. The molecule has 156 valence electrons. The van der Waals surface area contributed by atoms with Crippen molar-refractivity contribution in [2.24, 2.45) is 0 Å². The number of likely N-dealkylation sites (N-methyl/N-ethyl adjacent to an activating group) is 1. The van der Waals surface area contributed by atoms with Crippen molar-refractivity contribution >= 4 is 11.6 Å². The molecule has 3 aromatic carbocycles. The van der Waals surface area contributed by atoms with E-state index in [1.807, 2.05) is 48.5 Å². The van der Waals surface area contributed by atoms with Crippen molar-refractivity contribution in [3.8, 4) is 11.5 Å². The van der Waals surface area contributed by atoms with Crippen molar-refractivity contribution < 1.29 is 9.53 Å². The Hall–Kier alpha value is -3.11. The summed E-state index contributed by atoms with van der Waals surface area (Å²) in [6.45, 7) is 4.14. The molecule has 1 fully saturated rings. The zero-order valence-electron chi connectivity index (χ0n) is 17.9. The number of amides is 1. The molecule has 3 aliphatic heterocycles. The molecule has 4 heteroatoms. The normalized spacial score (nSPS) is 22.2. The maximum Gasteiger partial charge on any atom is 0.239 e. The summed E-state index contributed by atoms with van der Waals surface area (Å²) >= 11 is 0. The van der Waals surface area contributed by atoms with Gasteiger partial charge in [0, 0.05) is 35.3 Å². The van der Waals surface area contributed by atoms with Gasteiger partial charge < -0.3 is 14.5 Å². The van der Waals surface area contributed by atoms with Crippen LogP contribution in [-0.4, -0.2) is 37.0 Å². The molecule has 0 aromatic heterocycles. The molecular formula is C27H26N2O2. The highest BCUT2D eigenvalue weighted by atomic mass is 16.5. The number of likely N-dealkylation sites (tertiary alicyclic amines) is 1. The number of ether oxygens (including phenoxy) is 1. The maximum absolute atomic E-state index is 14.4. The molecule has 0 saturated carbocycles. The number of rotatable bonds is 1. The van der Waals surface area contributed by atoms with E-state index in [4.69, 9.17) is 4.74 Å². The van der Waals surface area contributed by atoms with Crippen LogP contribution >= 0.6 is 0 Å². The van der Waals surface area contributed by atoms with E-state index in [0.29, 0.717) is 5.92 Å². The third-order valence-corrected chi connectivity index (χ3v) is 7.12. The molecule has 0 bridgehead atoms. The van der Waals surface area contributed by atoms with Crippen LogP contribution in [-0.2, 0) is 4.79 Å². The summed E-state index contributed by atoms with van der Waals surface area (Å²) in [6, 6.07) is 22.7. The van der Waals surface area contributed by atoms with E-state index in [9.17, 15) is 4.79 Å². The predicted molar refractivity (Wildman–Crippen MR) is 122 cm³/mol. The van der Waals surface area contributed by atoms with Gasteiger partial charge in [0.1, 0.15) is 11.5 Å². The number of carbonyl (C=O) groups is 1. The van der Waals surface area contributed by atoms with E-state index in [0.717, 1.165) is 47.8 Å². The zero-order valence-corrected chi connectivity index (χ0v) is 17.9. The minimum absolute atomic E-state index is 0.158. The fourth-order valence-electron chi connectivity index (χ4n) is 5.68. The molecular weight excluding hydrogens is 384 g/mol. The number of para-hydroxylation sites is 2. The lowest BCUT2D eigenvalue weighted by Crippen LogP contribution is -2.48. The van der Waals surface area contributed by atoms with E-state index >= 15 is 0 Å². The van der Waals surface area contributed by atoms with E-state index in [1.54, 1.807) is 0 Å². The van der Waals surface area contributed by atoms with Crippen molar-refractivity contribution in [1.29, 1.82) is 0 Å². The molecule has 1 amide bonds. The summed E-state index contributed by atoms with van der Waals surface area (Å²) < 4.78 is 6.15. The fraction of sp³-hybridized carbons (Fsp3) is 0.296. The maximum atomic E-state index is 14.4. The average Bonchev–Trinajstić information content (AvgIpc) is 3.09. The Balaban J connectivity index is 1.50. The van der Waals surface area contributed by atoms with Crippen molar-refractivity contribution in [3.63, 3.8) is 0 Å². The van der Waals surface area contributed by atoms with Crippen LogP contribution in [0.4, 0.5) is 5.69 Å². The highest BCUT2D eigenvalue weighted by Crippen LogP contribution is 2.50. The smallest absolute Gasteiger partial charge is 0.239 e. The third-order valence-electron chi connectivity index (χ3n) is 7.12. The molecule has 4 nitrogen and oxygen atoms in total. The van der Waals surface area contributed by atoms with Gasteiger partial charge in [-0.15, -0.1) is 0 Å². The quantitative estimate of drug-likeness (QED) is 0.562. The molecule has 0 N–H and O–H groups in total. The van der Waals surface area contributed by atoms with Gasteiger partial charge in [-0.25, -0.2) is 0 Å². The standard InChI is InChI=1S/C27H26N2O2/c1-17-11-12-22-20(15-17)21-16-28(2)14-13-23(21)29(22)27(30)26-18-7-3-5-9-24(18)31-25-10-6-4-8-19(25)26/h3-12,15,21,23,26H,13-14,16H2,1-2H3/t21-,23-/m1/s1. The Bertz CT molecular complexity index is 1140. The molecule has 2 atom stereocenters. The van der Waals surface area contributed by atoms with Crippen molar-refractivity contribution in [3.05, 3.63) is 89.0 Å². The summed E-state index contributed by atoms with van der Waals surface area (Å²) in [4.78, 5) is 18.9. The molecule has 0 unspecified atom stereocenters. The number of aryl methyl sites for hydroxylation is 1. The van der Waals surface area contributed by atoms with Gasteiger partial charge >= 0.3 is 0 Å². The molecule has 0 spiro atoms. The van der Waals surface area contributed by atoms with Crippen LogP contribution in [0.5, 0.6) is 11.5 Å². The van der Waals surface area contributed by atoms with E-state index in [-0.39, 0.29) is 17.9 Å². The highest BCUT2D eigenvalue weighted by Gasteiger charge is 2.47. The summed E-state index contributed by atoms with van der Waals surface area (Å²) in [7, 11) is 2.18. The lowest BCUT2D eigenvalue weighted by Gasteiger charge is -2.38. The van der Waals surface area contributed by atoms with E-state index in [1.165, 1.54) is 11.1 Å². The molecule has 0 radical (unpaired) electrons. The lowest BCUT2D eigenvalue weighted by atomic mass is 9.85. The highest BCUT2D eigenvalue weighted by molar-refractivity contribution is 6.04. The number of hydrogen-bond donors (Lipinski definition) is 0. The Morgan fingerprint density at radius 1 is 0.935 bits per heavy atom. The Morgan fingerprint density at radius 3 is 2.32 bits per heavy atom. The zero-order chi connectivity index (χ0) is 21.1. The second-order valence-electron chi connectivity index (χ2n) is 9.11. The van der Waals surface area contributed by atoms with Crippen LogP contribution in [0.25, 0.3) is 0 Å². The van der Waals surface area contributed by atoms with Gasteiger partial charge in [0.05, 0.1) is 5.92 Å². The number of carbonyl (C=O) groups excluding carboxylic acids is 1. The van der Waals surface area contributed by atoms with Gasteiger partial charge in [0.2, 0.25) is 5.91 Å². The molecule has 31 heavy (non-hydrogen) atoms. The van der Waals surface area contributed by atoms with Crippen LogP contribution in [0.3, 0.4) is 0 Å². The first-order valence-corrected chi connectivity index (χ1v) is 11.1. The first-order valence-electron chi connectivity index (χ1n) is 11.1. The SMILES string of the molecule is Cc1ccc2c(c1)[C@H]1CN(C)CC[C@H]1N2C(=O)C1c2ccccc2Oc2ccccc21. The second-order valence-corrected chi connectivity index (χ2v) is 9.11. The molecule has 3 aromatic rings. The first kappa shape index (κ1) is 18.6. The van der Waals surface area contributed by atoms with E-state index < -0.39 is 0 Å². The number of anilines is 1. The minimum atomic E-state index is -0.353. The van der Waals surface area contributed by atoms with Crippen LogP contribution in [0.2, 0.25) is 0 Å². The van der Waals surface area contributed by atoms with Gasteiger partial charge in [-0.2, -0.15) is 0 Å². The first-order chi connectivity index (χ1) is 15.1. The summed E-state index contributed by atoms with van der Waals surface area (Å²) in [5, 5.41) is 0. The number of nitrogens with zero attached hydrogens (tertiary/aromatic N) is 2. The summed E-state index contributed by atoms with van der Waals surface area (Å²) in [5.74, 6) is 1.73. The molecule has 0 aliphatic carbocycles. The Labute approximate surface area is 183 Å². The Morgan fingerprint density at radius 2 is 1.61 bits per heavy atom. The van der Waals surface area contributed by atoms with Gasteiger partial charge in [0.15, 0.2) is 0 Å². The number of hydrogen-bond acceptors (Lipinski definition) is 3. The van der Waals surface area contributed by atoms with Crippen molar-refractivity contribution in [2.45, 2.75) is 31.2 Å². The summed E-state index contributed by atoms with van der Waals surface area (Å²) in [5.41, 5.74) is 5.56. The third kappa shape index (κ3) is 2.82. The topological polar surface area (TPSA) is 32.8 Å². The number of benzene rings is 3. The van der Waals surface area contributed by atoms with E-state index in [2.05, 4.69) is 42.0 Å². The number of piperidine rings is 1. The molecule has 6 rings (SSSR count). The number of fused-ring (bicyclic) bond motifs is 5. The fourth-order valence-corrected chi connectivity index (χ4v) is 5.68. The van der Waals surface area contributed by atoms with Crippen LogP contribution < -0.4 is 9.64 Å². The minimum Gasteiger partial charge on any atom is -0.457 e. The van der Waals surface area contributed by atoms with Crippen LogP contribution in [0.15, 0.2) is 66.7 Å². The second kappa shape index (κ2) is 6.96. The lowest BCUT2D eigenvalue weighted by molar-refractivity contribution is -0.119. The largest absolute Gasteiger partial charge is 0.457 e. The predicted octanol–water partition coefficient (Wildman–Crippen LogP) is 5.07.